The van der Waals surface area contributed by atoms with Gasteiger partial charge in [0.2, 0.25) is 0 Å². The highest BCUT2D eigenvalue weighted by molar-refractivity contribution is 6.34. The molecule has 0 atom stereocenters. The number of hydrogen-bond acceptors (Lipinski definition) is 7. The van der Waals surface area contributed by atoms with Crippen molar-refractivity contribution in [3.8, 4) is 5.88 Å². The molecule has 2 aromatic heterocycles. The summed E-state index contributed by atoms with van der Waals surface area (Å²) in [5, 5.41) is 18.4. The van der Waals surface area contributed by atoms with Crippen molar-refractivity contribution in [1.82, 2.24) is 19.7 Å². The number of aryl methyl sites for hydroxylation is 1. The number of aromatic amines is 1. The van der Waals surface area contributed by atoms with Gasteiger partial charge in [-0.1, -0.05) is 35.9 Å². The van der Waals surface area contributed by atoms with E-state index in [1.54, 1.807) is 55.7 Å². The zero-order valence-electron chi connectivity index (χ0n) is 23.7. The second kappa shape index (κ2) is 11.7. The van der Waals surface area contributed by atoms with Gasteiger partial charge >= 0.3 is 0 Å². The lowest BCUT2D eigenvalue weighted by atomic mass is 10.0. The van der Waals surface area contributed by atoms with Gasteiger partial charge in [0.05, 0.1) is 22.5 Å². The van der Waals surface area contributed by atoms with Gasteiger partial charge in [0.1, 0.15) is 5.69 Å². The zero-order chi connectivity index (χ0) is 30.1. The number of aliphatic imine (C=N–C) groups is 1. The summed E-state index contributed by atoms with van der Waals surface area (Å²) in [5.74, 6) is -0.699. The Bertz CT molecular complexity index is 1830. The number of ketones is 1. The standard InChI is InChI=1S/C32H30ClN7O3/c1-38-12-14-40(15-13-38)24-9-7-22(8-10-24)34-18-26-25-11-6-21(17-28(25)37-31(26)42)30(41)20-4-3-5-23(16-20)36-32(43)29-27(33)19-35-39(29)2/h3-11,16-19,37,42H,12-15H2,1-2H3,(H,36,43). The van der Waals surface area contributed by atoms with E-state index in [-0.39, 0.29) is 22.4 Å². The first-order chi connectivity index (χ1) is 20.8. The number of H-pyrrole nitrogens is 1. The molecule has 1 aliphatic rings. The first-order valence-corrected chi connectivity index (χ1v) is 14.2. The third-order valence-electron chi connectivity index (χ3n) is 7.63. The van der Waals surface area contributed by atoms with Crippen LogP contribution in [0, 0.1) is 0 Å². The average molecular weight is 596 g/mol. The summed E-state index contributed by atoms with van der Waals surface area (Å²) in [7, 11) is 3.76. The molecule has 0 unspecified atom stereocenters. The Labute approximate surface area is 253 Å². The molecule has 1 fully saturated rings. The van der Waals surface area contributed by atoms with E-state index >= 15 is 0 Å². The number of halogens is 1. The van der Waals surface area contributed by atoms with Crippen molar-refractivity contribution in [2.45, 2.75) is 0 Å². The van der Waals surface area contributed by atoms with Crippen molar-refractivity contribution >= 4 is 57.5 Å². The van der Waals surface area contributed by atoms with Gasteiger partial charge in [-0.3, -0.25) is 19.3 Å². The van der Waals surface area contributed by atoms with Crippen molar-refractivity contribution < 1.29 is 14.7 Å². The Balaban J connectivity index is 1.18. The molecule has 1 aliphatic heterocycles. The largest absolute Gasteiger partial charge is 0.494 e. The van der Waals surface area contributed by atoms with Gasteiger partial charge in [-0.25, -0.2) is 0 Å². The van der Waals surface area contributed by atoms with Crippen LogP contribution in [0.4, 0.5) is 17.1 Å². The van der Waals surface area contributed by atoms with E-state index in [9.17, 15) is 14.7 Å². The Morgan fingerprint density at radius 1 is 1.00 bits per heavy atom. The summed E-state index contributed by atoms with van der Waals surface area (Å²) in [4.78, 5) is 38.3. The van der Waals surface area contributed by atoms with Crippen LogP contribution in [0.25, 0.3) is 10.9 Å². The van der Waals surface area contributed by atoms with E-state index in [4.69, 9.17) is 11.6 Å². The predicted octanol–water partition coefficient (Wildman–Crippen LogP) is 5.25. The first-order valence-electron chi connectivity index (χ1n) is 13.8. The lowest BCUT2D eigenvalue weighted by molar-refractivity contribution is 0.101. The lowest BCUT2D eigenvalue weighted by Gasteiger charge is -2.34. The fraction of sp³-hybridized carbons (Fsp3) is 0.188. The van der Waals surface area contributed by atoms with Gasteiger partial charge in [0.15, 0.2) is 11.7 Å². The number of aromatic hydroxyl groups is 1. The maximum Gasteiger partial charge on any atom is 0.275 e. The molecule has 0 bridgehead atoms. The molecule has 10 nitrogen and oxygen atoms in total. The molecular weight excluding hydrogens is 566 g/mol. The van der Waals surface area contributed by atoms with Crippen molar-refractivity contribution in [3.63, 3.8) is 0 Å². The summed E-state index contributed by atoms with van der Waals surface area (Å²) in [6, 6.07) is 19.9. The van der Waals surface area contributed by atoms with E-state index < -0.39 is 5.91 Å². The van der Waals surface area contributed by atoms with Gasteiger partial charge in [0, 0.05) is 72.8 Å². The van der Waals surface area contributed by atoms with Crippen LogP contribution in [0.5, 0.6) is 5.88 Å². The van der Waals surface area contributed by atoms with Gasteiger partial charge in [-0.05, 0) is 49.5 Å². The third-order valence-corrected chi connectivity index (χ3v) is 7.91. The van der Waals surface area contributed by atoms with Crippen molar-refractivity contribution in [2.24, 2.45) is 12.0 Å². The number of nitrogens with zero attached hydrogens (tertiary/aromatic N) is 5. The minimum Gasteiger partial charge on any atom is -0.494 e. The molecule has 6 rings (SSSR count). The second-order valence-corrected chi connectivity index (χ2v) is 10.9. The van der Waals surface area contributed by atoms with Gasteiger partial charge in [-0.15, -0.1) is 0 Å². The number of anilines is 2. The molecule has 0 radical (unpaired) electrons. The quantitative estimate of drug-likeness (QED) is 0.175. The van der Waals surface area contributed by atoms with E-state index in [0.717, 1.165) is 37.3 Å². The van der Waals surface area contributed by atoms with Crippen molar-refractivity contribution in [2.75, 3.05) is 43.4 Å². The van der Waals surface area contributed by atoms with Crippen molar-refractivity contribution in [3.05, 3.63) is 100 Å². The topological polar surface area (TPSA) is 119 Å². The highest BCUT2D eigenvalue weighted by Gasteiger charge is 2.18. The second-order valence-electron chi connectivity index (χ2n) is 10.5. The molecule has 218 valence electrons. The Morgan fingerprint density at radius 2 is 1.74 bits per heavy atom. The summed E-state index contributed by atoms with van der Waals surface area (Å²) >= 11 is 6.09. The monoisotopic (exact) mass is 595 g/mol. The number of amides is 1. The first kappa shape index (κ1) is 28.2. The number of piperazine rings is 1. The van der Waals surface area contributed by atoms with E-state index in [1.807, 2.05) is 12.1 Å². The summed E-state index contributed by atoms with van der Waals surface area (Å²) < 4.78 is 1.39. The molecule has 1 saturated heterocycles. The van der Waals surface area contributed by atoms with Crippen LogP contribution in [0.2, 0.25) is 5.02 Å². The molecule has 1 amide bonds. The lowest BCUT2D eigenvalue weighted by Crippen LogP contribution is -2.44. The molecule has 43 heavy (non-hydrogen) atoms. The highest BCUT2D eigenvalue weighted by atomic mass is 35.5. The van der Waals surface area contributed by atoms with Crippen LogP contribution in [-0.2, 0) is 7.05 Å². The van der Waals surface area contributed by atoms with Crippen molar-refractivity contribution in [1.29, 1.82) is 0 Å². The Hall–Kier alpha value is -4.93. The van der Waals surface area contributed by atoms with E-state index in [0.29, 0.717) is 27.9 Å². The molecule has 0 saturated carbocycles. The summed E-state index contributed by atoms with van der Waals surface area (Å²) in [5.41, 5.74) is 4.57. The Morgan fingerprint density at radius 3 is 2.47 bits per heavy atom. The highest BCUT2D eigenvalue weighted by Crippen LogP contribution is 2.29. The number of hydrogen-bond donors (Lipinski definition) is 3. The Kier molecular flexibility index (Phi) is 7.71. The maximum atomic E-state index is 13.4. The molecular formula is C32H30ClN7O3. The van der Waals surface area contributed by atoms with Gasteiger partial charge in [-0.2, -0.15) is 5.10 Å². The molecule has 3 heterocycles. The molecule has 0 spiro atoms. The van der Waals surface area contributed by atoms with E-state index in [2.05, 4.69) is 49.4 Å². The normalized spacial score (nSPS) is 14.1. The molecule has 11 heteroatoms. The number of carbonyl (C=O) groups is 2. The summed E-state index contributed by atoms with van der Waals surface area (Å²) in [6.07, 6.45) is 3.02. The van der Waals surface area contributed by atoms with Crippen LogP contribution >= 0.6 is 11.6 Å². The van der Waals surface area contributed by atoms with Crippen LogP contribution in [0.15, 0.2) is 77.9 Å². The van der Waals surface area contributed by atoms with Gasteiger partial charge in [0.25, 0.3) is 5.91 Å². The smallest absolute Gasteiger partial charge is 0.275 e. The average Bonchev–Trinajstić information content (AvgIpc) is 3.52. The zero-order valence-corrected chi connectivity index (χ0v) is 24.5. The van der Waals surface area contributed by atoms with Crippen LogP contribution in [0.3, 0.4) is 0 Å². The summed E-state index contributed by atoms with van der Waals surface area (Å²) in [6.45, 7) is 4.08. The molecule has 3 N–H and O–H groups in total. The van der Waals surface area contributed by atoms with Crippen LogP contribution in [0.1, 0.15) is 32.0 Å². The van der Waals surface area contributed by atoms with Crippen LogP contribution in [-0.4, -0.2) is 75.9 Å². The molecule has 5 aromatic rings. The number of fused-ring (bicyclic) bond motifs is 1. The minimum atomic E-state index is -0.432. The SMILES string of the molecule is CN1CCN(c2ccc(N=Cc3c(O)[nH]c4cc(C(=O)c5cccc(NC(=O)c6c(Cl)cnn6C)c5)ccc34)cc2)CC1. The fourth-order valence-electron chi connectivity index (χ4n) is 5.19. The number of carbonyl (C=O) groups excluding carboxylic acids is 2. The molecule has 0 aliphatic carbocycles. The minimum absolute atomic E-state index is 0.0315. The van der Waals surface area contributed by atoms with Gasteiger partial charge < -0.3 is 25.2 Å². The maximum absolute atomic E-state index is 13.4. The third kappa shape index (κ3) is 5.88. The number of aromatic nitrogens is 3. The number of rotatable bonds is 7. The van der Waals surface area contributed by atoms with E-state index in [1.165, 1.54) is 16.6 Å². The number of benzene rings is 3. The fourth-order valence-corrected chi connectivity index (χ4v) is 5.44. The number of likely N-dealkylation sites (N-methyl/N-ethyl adjacent to an activating group) is 1. The number of nitrogens with one attached hydrogen (secondary N) is 2. The van der Waals surface area contributed by atoms with Crippen LogP contribution < -0.4 is 10.2 Å². The predicted molar refractivity (Wildman–Crippen MR) is 169 cm³/mol. The molecule has 3 aromatic carbocycles.